The molecule has 0 heterocycles. The van der Waals surface area contributed by atoms with Crippen LogP contribution in [0.1, 0.15) is 0 Å². The van der Waals surface area contributed by atoms with Crippen LogP contribution in [0.4, 0.5) is 0 Å². The van der Waals surface area contributed by atoms with Gasteiger partial charge in [-0.15, -0.1) is 0 Å². The molecule has 0 saturated heterocycles. The minimum atomic E-state index is 1.30. The van der Waals surface area contributed by atoms with Gasteiger partial charge in [-0.1, -0.05) is 84.9 Å². The van der Waals surface area contributed by atoms with Crippen molar-refractivity contribution in [2.75, 3.05) is 0 Å². The molecule has 0 fully saturated rings. The molecule has 0 saturated carbocycles. The Balaban J connectivity index is 1.86. The van der Waals surface area contributed by atoms with Crippen LogP contribution in [-0.4, -0.2) is 0 Å². The second-order valence-electron chi connectivity index (χ2n) is 8.53. The van der Waals surface area contributed by atoms with Crippen LogP contribution in [-0.2, 0) is 0 Å². The van der Waals surface area contributed by atoms with Crippen molar-refractivity contribution < 1.29 is 0 Å². The van der Waals surface area contributed by atoms with E-state index in [2.05, 4.69) is 97.1 Å². The van der Waals surface area contributed by atoms with Gasteiger partial charge < -0.3 is 0 Å². The van der Waals surface area contributed by atoms with Crippen LogP contribution in [0.5, 0.6) is 0 Å². The highest BCUT2D eigenvalue weighted by atomic mass is 14.2. The first-order valence-electron chi connectivity index (χ1n) is 10.5. The van der Waals surface area contributed by atoms with Gasteiger partial charge in [0.15, 0.2) is 0 Å². The SMILES string of the molecule is c1ccc2c(c1)c1ccc3c(c1)cc1c4cccc5cccc(c6ccc2c3c61)c54. The highest BCUT2D eigenvalue weighted by Gasteiger charge is 2.17. The monoisotopic (exact) mass is 376 g/mol. The highest BCUT2D eigenvalue weighted by molar-refractivity contribution is 6.40. The maximum atomic E-state index is 2.42. The van der Waals surface area contributed by atoms with Gasteiger partial charge in [0.2, 0.25) is 0 Å². The van der Waals surface area contributed by atoms with E-state index >= 15 is 0 Å². The average molecular weight is 376 g/mol. The summed E-state index contributed by atoms with van der Waals surface area (Å²) in [4.78, 5) is 0. The molecule has 0 spiro atoms. The van der Waals surface area contributed by atoms with Crippen LogP contribution in [0, 0.1) is 0 Å². The lowest BCUT2D eigenvalue weighted by atomic mass is 9.84. The van der Waals surface area contributed by atoms with E-state index in [1.165, 1.54) is 75.4 Å². The predicted molar refractivity (Wildman–Crippen MR) is 131 cm³/mol. The van der Waals surface area contributed by atoms with Crippen molar-refractivity contribution in [2.24, 2.45) is 0 Å². The summed E-state index contributed by atoms with van der Waals surface area (Å²) in [6.45, 7) is 0. The fourth-order valence-electron chi connectivity index (χ4n) is 5.89. The van der Waals surface area contributed by atoms with Gasteiger partial charge in [0.05, 0.1) is 0 Å². The van der Waals surface area contributed by atoms with E-state index in [0.717, 1.165) is 0 Å². The number of benzene rings is 7. The van der Waals surface area contributed by atoms with E-state index in [1.807, 2.05) is 0 Å². The minimum absolute atomic E-state index is 1.30. The summed E-state index contributed by atoms with van der Waals surface area (Å²) in [6.07, 6.45) is 0. The summed E-state index contributed by atoms with van der Waals surface area (Å²) in [6, 6.07) is 36.4. The molecule has 0 heteroatoms. The molecule has 9 aromatic carbocycles. The van der Waals surface area contributed by atoms with Crippen molar-refractivity contribution in [1.82, 2.24) is 0 Å². The fourth-order valence-corrected chi connectivity index (χ4v) is 5.89. The molecule has 0 N–H and O–H groups in total. The lowest BCUT2D eigenvalue weighted by molar-refractivity contribution is 1.79. The van der Waals surface area contributed by atoms with Crippen molar-refractivity contribution in [2.45, 2.75) is 0 Å². The molecular formula is C30H16. The Kier molecular flexibility index (Phi) is 2.49. The Hall–Kier alpha value is -3.90. The first-order valence-corrected chi connectivity index (χ1v) is 10.5. The van der Waals surface area contributed by atoms with Gasteiger partial charge in [0.1, 0.15) is 0 Å². The van der Waals surface area contributed by atoms with Crippen molar-refractivity contribution in [3.63, 3.8) is 0 Å². The molecule has 0 nitrogen and oxygen atoms in total. The van der Waals surface area contributed by atoms with E-state index in [9.17, 15) is 0 Å². The van der Waals surface area contributed by atoms with Crippen LogP contribution in [0.2, 0.25) is 0 Å². The van der Waals surface area contributed by atoms with Crippen LogP contribution in [0.15, 0.2) is 97.1 Å². The molecule has 9 rings (SSSR count). The average Bonchev–Trinajstić information content (AvgIpc) is 2.80. The van der Waals surface area contributed by atoms with E-state index in [0.29, 0.717) is 0 Å². The zero-order valence-corrected chi connectivity index (χ0v) is 16.2. The first kappa shape index (κ1) is 15.0. The van der Waals surface area contributed by atoms with E-state index in [-0.39, 0.29) is 0 Å². The second-order valence-corrected chi connectivity index (χ2v) is 8.53. The second kappa shape index (κ2) is 4.98. The van der Waals surface area contributed by atoms with Gasteiger partial charge in [0, 0.05) is 0 Å². The topological polar surface area (TPSA) is 0 Å². The summed E-state index contributed by atoms with van der Waals surface area (Å²) >= 11 is 0. The lowest BCUT2D eigenvalue weighted by Crippen LogP contribution is -1.90. The van der Waals surface area contributed by atoms with Crippen molar-refractivity contribution >= 4 is 75.4 Å². The largest absolute Gasteiger partial charge is 0.0616 e. The summed E-state index contributed by atoms with van der Waals surface area (Å²) < 4.78 is 0. The quantitative estimate of drug-likeness (QED) is 0.183. The maximum absolute atomic E-state index is 2.42. The molecule has 4 bridgehead atoms. The van der Waals surface area contributed by atoms with Gasteiger partial charge in [-0.3, -0.25) is 0 Å². The molecule has 136 valence electrons. The van der Waals surface area contributed by atoms with Crippen LogP contribution < -0.4 is 0 Å². The Morgan fingerprint density at radius 3 is 1.70 bits per heavy atom. The third-order valence-electron chi connectivity index (χ3n) is 7.11. The molecule has 30 heavy (non-hydrogen) atoms. The number of fused-ring (bicyclic) bond motifs is 3. The lowest BCUT2D eigenvalue weighted by Gasteiger charge is -2.18. The highest BCUT2D eigenvalue weighted by Crippen LogP contribution is 2.46. The summed E-state index contributed by atoms with van der Waals surface area (Å²) in [7, 11) is 0. The van der Waals surface area contributed by atoms with Gasteiger partial charge >= 0.3 is 0 Å². The Labute approximate surface area is 172 Å². The molecule has 0 radical (unpaired) electrons. The predicted octanol–water partition coefficient (Wildman–Crippen LogP) is 8.63. The third kappa shape index (κ3) is 1.62. The smallest absolute Gasteiger partial charge is 0.00137 e. The van der Waals surface area contributed by atoms with Crippen LogP contribution in [0.25, 0.3) is 75.4 Å². The molecule has 0 aliphatic heterocycles. The fraction of sp³-hybridized carbons (Fsp3) is 0. The Morgan fingerprint density at radius 2 is 0.867 bits per heavy atom. The van der Waals surface area contributed by atoms with Crippen LogP contribution >= 0.6 is 0 Å². The summed E-state index contributed by atoms with van der Waals surface area (Å²) in [5.74, 6) is 0. The molecule has 0 amide bonds. The molecule has 0 aliphatic carbocycles. The maximum Gasteiger partial charge on any atom is -0.00137 e. The van der Waals surface area contributed by atoms with E-state index < -0.39 is 0 Å². The molecule has 0 atom stereocenters. The van der Waals surface area contributed by atoms with Gasteiger partial charge in [-0.25, -0.2) is 0 Å². The van der Waals surface area contributed by atoms with Gasteiger partial charge in [0.25, 0.3) is 0 Å². The Morgan fingerprint density at radius 1 is 0.267 bits per heavy atom. The van der Waals surface area contributed by atoms with E-state index in [4.69, 9.17) is 0 Å². The molecule has 0 aromatic heterocycles. The number of hydrogen-bond donors (Lipinski definition) is 0. The third-order valence-corrected chi connectivity index (χ3v) is 7.11. The molecule has 0 unspecified atom stereocenters. The zero-order chi connectivity index (χ0) is 19.4. The van der Waals surface area contributed by atoms with Crippen molar-refractivity contribution in [1.29, 1.82) is 0 Å². The molecule has 9 aromatic rings. The van der Waals surface area contributed by atoms with Crippen molar-refractivity contribution in [3.05, 3.63) is 97.1 Å². The standard InChI is InChI=1S/C30H16/c1-2-8-22-20(7-1)18-11-12-21-19(15-18)16-27-24-10-4-6-17-5-3-9-23(28(17)24)26-14-13-25(22)29(21)30(26)27/h1-16H. The summed E-state index contributed by atoms with van der Waals surface area (Å²) in [5, 5.41) is 18.9. The molecular weight excluding hydrogens is 360 g/mol. The minimum Gasteiger partial charge on any atom is -0.0616 e. The number of rotatable bonds is 0. The first-order chi connectivity index (χ1) is 14.9. The summed E-state index contributed by atoms with van der Waals surface area (Å²) in [5.41, 5.74) is 0. The molecule has 0 aliphatic rings. The van der Waals surface area contributed by atoms with Crippen molar-refractivity contribution in [3.8, 4) is 0 Å². The normalized spacial score (nSPS) is 12.7. The number of hydrogen-bond acceptors (Lipinski definition) is 0. The van der Waals surface area contributed by atoms with E-state index in [1.54, 1.807) is 0 Å². The zero-order valence-electron chi connectivity index (χ0n) is 16.2. The van der Waals surface area contributed by atoms with Gasteiger partial charge in [-0.2, -0.15) is 0 Å². The van der Waals surface area contributed by atoms with Crippen LogP contribution in [0.3, 0.4) is 0 Å². The van der Waals surface area contributed by atoms with Gasteiger partial charge in [-0.05, 0) is 87.5 Å². The Bertz CT molecular complexity index is 1930.